The highest BCUT2D eigenvalue weighted by molar-refractivity contribution is 7.87. The molecule has 1 atom stereocenters. The van der Waals surface area contributed by atoms with E-state index >= 15 is 0 Å². The predicted molar refractivity (Wildman–Crippen MR) is 48.8 cm³/mol. The average molecular weight is 195 g/mol. The molecule has 0 aliphatic rings. The van der Waals surface area contributed by atoms with Crippen molar-refractivity contribution >= 4 is 10.2 Å². The number of nitrogens with two attached hydrogens (primary N) is 1. The van der Waals surface area contributed by atoms with Crippen LogP contribution in [0.15, 0.2) is 0 Å². The molecule has 0 spiro atoms. The third kappa shape index (κ3) is 3.48. The van der Waals surface area contributed by atoms with Crippen LogP contribution >= 0.6 is 0 Å². The van der Waals surface area contributed by atoms with Gasteiger partial charge in [0.15, 0.2) is 0 Å². The molecule has 0 aromatic heterocycles. The fraction of sp³-hybridized carbons (Fsp3) is 1.00. The van der Waals surface area contributed by atoms with Gasteiger partial charge in [-0.25, -0.2) is 4.72 Å². The molecule has 12 heavy (non-hydrogen) atoms. The van der Waals surface area contributed by atoms with Crippen LogP contribution in [0.2, 0.25) is 0 Å². The first-order valence-corrected chi connectivity index (χ1v) is 5.17. The Labute approximate surface area is 73.9 Å². The molecule has 0 saturated carbocycles. The second kappa shape index (κ2) is 3.69. The minimum absolute atomic E-state index is 0.249. The van der Waals surface area contributed by atoms with Crippen LogP contribution in [-0.4, -0.2) is 27.0 Å². The molecule has 0 heterocycles. The fourth-order valence-corrected chi connectivity index (χ4v) is 1.47. The minimum atomic E-state index is -3.40. The number of hydrogen-bond donors (Lipinski definition) is 3. The second-order valence-electron chi connectivity index (χ2n) is 3.32. The molecule has 0 saturated heterocycles. The van der Waals surface area contributed by atoms with Crippen LogP contribution in [-0.2, 0) is 10.2 Å². The molecular weight excluding hydrogens is 178 g/mol. The van der Waals surface area contributed by atoms with Crippen molar-refractivity contribution in [3.8, 4) is 0 Å². The van der Waals surface area contributed by atoms with Gasteiger partial charge in [0, 0.05) is 18.6 Å². The van der Waals surface area contributed by atoms with Gasteiger partial charge in [-0.3, -0.25) is 0 Å². The van der Waals surface area contributed by atoms with Gasteiger partial charge in [0.2, 0.25) is 0 Å². The molecule has 4 N–H and O–H groups in total. The zero-order valence-corrected chi connectivity index (χ0v) is 8.70. The Morgan fingerprint density at radius 1 is 1.42 bits per heavy atom. The highest BCUT2D eigenvalue weighted by Crippen LogP contribution is 2.06. The molecule has 0 fully saturated rings. The van der Waals surface area contributed by atoms with Gasteiger partial charge >= 0.3 is 0 Å². The normalized spacial score (nSPS) is 16.1. The molecule has 0 rings (SSSR count). The predicted octanol–water partition coefficient (Wildman–Crippen LogP) is -0.834. The highest BCUT2D eigenvalue weighted by atomic mass is 32.2. The summed E-state index contributed by atoms with van der Waals surface area (Å²) in [5, 5.41) is 0. The molecule has 0 aromatic rings. The molecular formula is C6H17N3O2S. The molecule has 0 aromatic carbocycles. The maximum atomic E-state index is 11.0. The monoisotopic (exact) mass is 195 g/mol. The van der Waals surface area contributed by atoms with Crippen LogP contribution in [0.5, 0.6) is 0 Å². The highest BCUT2D eigenvalue weighted by Gasteiger charge is 2.27. The molecule has 0 bridgehead atoms. The van der Waals surface area contributed by atoms with Crippen molar-refractivity contribution in [3.63, 3.8) is 0 Å². The molecule has 74 valence electrons. The molecule has 6 heteroatoms. The Hall–Kier alpha value is -0.170. The maximum Gasteiger partial charge on any atom is 0.277 e. The lowest BCUT2D eigenvalue weighted by Crippen LogP contribution is -2.56. The van der Waals surface area contributed by atoms with E-state index in [0.29, 0.717) is 0 Å². The van der Waals surface area contributed by atoms with Gasteiger partial charge in [0.25, 0.3) is 10.2 Å². The second-order valence-corrected chi connectivity index (χ2v) is 4.94. The van der Waals surface area contributed by atoms with E-state index in [4.69, 9.17) is 5.73 Å². The van der Waals surface area contributed by atoms with Crippen molar-refractivity contribution in [3.05, 3.63) is 0 Å². The first kappa shape index (κ1) is 11.8. The van der Waals surface area contributed by atoms with Gasteiger partial charge in [0.1, 0.15) is 0 Å². The zero-order valence-electron chi connectivity index (χ0n) is 7.88. The molecule has 0 aliphatic carbocycles. The maximum absolute atomic E-state index is 11.0. The van der Waals surface area contributed by atoms with E-state index in [-0.39, 0.29) is 6.04 Å². The molecule has 5 nitrogen and oxygen atoms in total. The Balaban J connectivity index is 4.46. The SMILES string of the molecule is CNS(=O)(=O)NC(C)(C)C(C)N. The zero-order chi connectivity index (χ0) is 9.99. The summed E-state index contributed by atoms with van der Waals surface area (Å²) in [4.78, 5) is 0. The topological polar surface area (TPSA) is 84.2 Å². The Bertz CT molecular complexity index is 233. The van der Waals surface area contributed by atoms with Gasteiger partial charge in [-0.05, 0) is 20.8 Å². The van der Waals surface area contributed by atoms with Crippen LogP contribution in [0, 0.1) is 0 Å². The smallest absolute Gasteiger partial charge is 0.277 e. The minimum Gasteiger partial charge on any atom is -0.326 e. The van der Waals surface area contributed by atoms with E-state index in [2.05, 4.69) is 9.44 Å². The summed E-state index contributed by atoms with van der Waals surface area (Å²) in [5.74, 6) is 0. The first-order chi connectivity index (χ1) is 5.21. The van der Waals surface area contributed by atoms with Crippen molar-refractivity contribution in [2.24, 2.45) is 5.73 Å². The fourth-order valence-electron chi connectivity index (χ4n) is 0.490. The molecule has 1 unspecified atom stereocenters. The summed E-state index contributed by atoms with van der Waals surface area (Å²) in [5.41, 5.74) is 4.94. The van der Waals surface area contributed by atoms with Crippen LogP contribution in [0.1, 0.15) is 20.8 Å². The van der Waals surface area contributed by atoms with Gasteiger partial charge in [-0.1, -0.05) is 0 Å². The van der Waals surface area contributed by atoms with Crippen LogP contribution in [0.3, 0.4) is 0 Å². The summed E-state index contributed by atoms with van der Waals surface area (Å²) in [6.45, 7) is 5.21. The lowest BCUT2D eigenvalue weighted by Gasteiger charge is -2.29. The van der Waals surface area contributed by atoms with E-state index in [1.54, 1.807) is 20.8 Å². The van der Waals surface area contributed by atoms with Crippen molar-refractivity contribution in [2.45, 2.75) is 32.4 Å². The lowest BCUT2D eigenvalue weighted by atomic mass is 9.99. The Morgan fingerprint density at radius 2 is 1.83 bits per heavy atom. The van der Waals surface area contributed by atoms with Gasteiger partial charge < -0.3 is 5.73 Å². The first-order valence-electron chi connectivity index (χ1n) is 3.69. The average Bonchev–Trinajstić information content (AvgIpc) is 1.85. The standard InChI is InChI=1S/C6H17N3O2S/c1-5(7)6(2,3)9-12(10,11)8-4/h5,8-9H,7H2,1-4H3. The van der Waals surface area contributed by atoms with E-state index < -0.39 is 15.7 Å². The summed E-state index contributed by atoms with van der Waals surface area (Å²) in [7, 11) is -2.06. The van der Waals surface area contributed by atoms with E-state index in [1.165, 1.54) is 7.05 Å². The largest absolute Gasteiger partial charge is 0.326 e. The van der Waals surface area contributed by atoms with Gasteiger partial charge in [-0.2, -0.15) is 13.1 Å². The van der Waals surface area contributed by atoms with Crippen molar-refractivity contribution in [1.29, 1.82) is 0 Å². The quantitative estimate of drug-likeness (QED) is 0.547. The van der Waals surface area contributed by atoms with Crippen molar-refractivity contribution in [2.75, 3.05) is 7.05 Å². The number of hydrogen-bond acceptors (Lipinski definition) is 3. The van der Waals surface area contributed by atoms with Crippen LogP contribution < -0.4 is 15.2 Å². The Kier molecular flexibility index (Phi) is 3.64. The van der Waals surface area contributed by atoms with Gasteiger partial charge in [0.05, 0.1) is 0 Å². The van der Waals surface area contributed by atoms with Crippen LogP contribution in [0.25, 0.3) is 0 Å². The summed E-state index contributed by atoms with van der Waals surface area (Å²) in [6, 6.07) is -0.249. The van der Waals surface area contributed by atoms with E-state index in [9.17, 15) is 8.42 Å². The summed E-state index contributed by atoms with van der Waals surface area (Å²) < 4.78 is 26.7. The van der Waals surface area contributed by atoms with Gasteiger partial charge in [-0.15, -0.1) is 0 Å². The summed E-state index contributed by atoms with van der Waals surface area (Å²) >= 11 is 0. The van der Waals surface area contributed by atoms with E-state index in [1.807, 2.05) is 0 Å². The van der Waals surface area contributed by atoms with Crippen LogP contribution in [0.4, 0.5) is 0 Å². The van der Waals surface area contributed by atoms with E-state index in [0.717, 1.165) is 0 Å². The number of rotatable bonds is 4. The lowest BCUT2D eigenvalue weighted by molar-refractivity contribution is 0.386. The Morgan fingerprint density at radius 3 is 2.08 bits per heavy atom. The molecule has 0 amide bonds. The number of nitrogens with one attached hydrogen (secondary N) is 2. The molecule has 0 aliphatic heterocycles. The van der Waals surface area contributed by atoms with Crippen molar-refractivity contribution in [1.82, 2.24) is 9.44 Å². The summed E-state index contributed by atoms with van der Waals surface area (Å²) in [6.07, 6.45) is 0. The van der Waals surface area contributed by atoms with Crippen molar-refractivity contribution < 1.29 is 8.42 Å². The molecule has 0 radical (unpaired) electrons. The third-order valence-electron chi connectivity index (χ3n) is 1.80. The third-order valence-corrected chi connectivity index (χ3v) is 3.14.